The van der Waals surface area contributed by atoms with Crippen molar-refractivity contribution in [2.24, 2.45) is 0 Å². The maximum Gasteiger partial charge on any atom is 0.246 e. The van der Waals surface area contributed by atoms with Crippen molar-refractivity contribution in [1.82, 2.24) is 10.2 Å². The summed E-state index contributed by atoms with van der Waals surface area (Å²) in [6.07, 6.45) is 2.71. The molecule has 134 valence electrons. The van der Waals surface area contributed by atoms with Gasteiger partial charge in [0, 0.05) is 41.7 Å². The molecule has 4 nitrogen and oxygen atoms in total. The van der Waals surface area contributed by atoms with Crippen LogP contribution < -0.4 is 5.32 Å². The third kappa shape index (κ3) is 3.75. The lowest BCUT2D eigenvalue weighted by Crippen LogP contribution is -2.33. The van der Waals surface area contributed by atoms with E-state index >= 15 is 0 Å². The summed E-state index contributed by atoms with van der Waals surface area (Å²) in [5.74, 6) is 0.00607. The van der Waals surface area contributed by atoms with E-state index in [4.69, 9.17) is 0 Å². The molecule has 0 saturated heterocycles. The quantitative estimate of drug-likeness (QED) is 0.780. The minimum atomic E-state index is -0.117. The number of hydrogen-bond acceptors (Lipinski definition) is 3. The first-order chi connectivity index (χ1) is 12.5. The van der Waals surface area contributed by atoms with Crippen LogP contribution in [0.5, 0.6) is 0 Å². The Labute approximate surface area is 154 Å². The molecule has 0 atom stereocenters. The molecular formula is C22H24N2O2. The van der Waals surface area contributed by atoms with Crippen molar-refractivity contribution < 1.29 is 9.59 Å². The summed E-state index contributed by atoms with van der Waals surface area (Å²) in [6, 6.07) is 12.0. The Morgan fingerprint density at radius 3 is 2.62 bits per heavy atom. The number of rotatable bonds is 7. The normalized spacial score (nSPS) is 13.0. The average Bonchev–Trinajstić information content (AvgIpc) is 2.63. The Balaban J connectivity index is 1.63. The fraction of sp³-hybridized carbons (Fsp3) is 0.273. The van der Waals surface area contributed by atoms with Crippen LogP contribution in [0.2, 0.25) is 0 Å². The maximum absolute atomic E-state index is 12.8. The van der Waals surface area contributed by atoms with E-state index in [-0.39, 0.29) is 11.7 Å². The van der Waals surface area contributed by atoms with Crippen LogP contribution in [-0.4, -0.2) is 43.3 Å². The monoisotopic (exact) mass is 348 g/mol. The van der Waals surface area contributed by atoms with Gasteiger partial charge in [0.05, 0.1) is 0 Å². The minimum absolute atomic E-state index is 0.117. The SMILES string of the molecule is C=C(C)C(=O)NCCN(C)CCC1=Cc2cccc3cccc(c23)C1=O. The predicted octanol–water partition coefficient (Wildman–Crippen LogP) is 3.43. The van der Waals surface area contributed by atoms with E-state index in [2.05, 4.69) is 22.9 Å². The highest BCUT2D eigenvalue weighted by Crippen LogP contribution is 2.32. The zero-order chi connectivity index (χ0) is 18.7. The number of hydrogen-bond donors (Lipinski definition) is 1. The largest absolute Gasteiger partial charge is 0.351 e. The highest BCUT2D eigenvalue weighted by Gasteiger charge is 2.21. The van der Waals surface area contributed by atoms with Crippen molar-refractivity contribution in [1.29, 1.82) is 0 Å². The number of amides is 1. The Morgan fingerprint density at radius 2 is 1.88 bits per heavy atom. The number of nitrogens with zero attached hydrogens (tertiary/aromatic N) is 1. The van der Waals surface area contributed by atoms with Crippen LogP contribution in [0.3, 0.4) is 0 Å². The van der Waals surface area contributed by atoms with Crippen molar-refractivity contribution in [3.63, 3.8) is 0 Å². The topological polar surface area (TPSA) is 49.4 Å². The smallest absolute Gasteiger partial charge is 0.246 e. The summed E-state index contributed by atoms with van der Waals surface area (Å²) >= 11 is 0. The van der Waals surface area contributed by atoms with Crippen LogP contribution in [0.25, 0.3) is 16.8 Å². The van der Waals surface area contributed by atoms with Crippen LogP contribution in [0.15, 0.2) is 54.1 Å². The molecule has 2 aromatic carbocycles. The van der Waals surface area contributed by atoms with Crippen LogP contribution >= 0.6 is 0 Å². The zero-order valence-corrected chi connectivity index (χ0v) is 15.3. The molecule has 0 bridgehead atoms. The predicted molar refractivity (Wildman–Crippen MR) is 106 cm³/mol. The lowest BCUT2D eigenvalue weighted by molar-refractivity contribution is -0.117. The number of Topliss-reactive ketones (excluding diaryl/α,β-unsaturated/α-hetero) is 1. The molecule has 3 rings (SSSR count). The van der Waals surface area contributed by atoms with E-state index in [1.807, 2.05) is 43.5 Å². The van der Waals surface area contributed by atoms with Crippen molar-refractivity contribution in [2.75, 3.05) is 26.7 Å². The molecule has 0 heterocycles. The second-order valence-corrected chi connectivity index (χ2v) is 6.84. The van der Waals surface area contributed by atoms with Gasteiger partial charge in [-0.15, -0.1) is 0 Å². The molecule has 26 heavy (non-hydrogen) atoms. The van der Waals surface area contributed by atoms with Gasteiger partial charge in [0.15, 0.2) is 5.78 Å². The number of ketones is 1. The molecule has 0 aromatic heterocycles. The van der Waals surface area contributed by atoms with Gasteiger partial charge in [-0.25, -0.2) is 0 Å². The standard InChI is InChI=1S/C22H24N2O2/c1-15(2)22(26)23-11-13-24(3)12-10-18-14-17-8-4-6-16-7-5-9-19(20(16)17)21(18)25/h4-9,14H,1,10-13H2,2-3H3,(H,23,26). The second-order valence-electron chi connectivity index (χ2n) is 6.84. The molecule has 0 radical (unpaired) electrons. The Hall–Kier alpha value is -2.72. The first-order valence-electron chi connectivity index (χ1n) is 8.86. The third-order valence-electron chi connectivity index (χ3n) is 4.73. The third-order valence-corrected chi connectivity index (χ3v) is 4.73. The summed E-state index contributed by atoms with van der Waals surface area (Å²) in [5.41, 5.74) is 3.27. The zero-order valence-electron chi connectivity index (χ0n) is 15.3. The first kappa shape index (κ1) is 18.1. The van der Waals surface area contributed by atoms with Crippen LogP contribution in [0, 0.1) is 0 Å². The maximum atomic E-state index is 12.8. The molecular weight excluding hydrogens is 324 g/mol. The minimum Gasteiger partial charge on any atom is -0.351 e. The fourth-order valence-electron chi connectivity index (χ4n) is 3.23. The first-order valence-corrected chi connectivity index (χ1v) is 8.86. The molecule has 0 fully saturated rings. The number of carbonyl (C=O) groups is 2. The number of benzene rings is 2. The molecule has 0 spiro atoms. The van der Waals surface area contributed by atoms with E-state index < -0.39 is 0 Å². The molecule has 0 aliphatic heterocycles. The second kappa shape index (κ2) is 7.67. The van der Waals surface area contributed by atoms with Crippen molar-refractivity contribution >= 4 is 28.5 Å². The summed E-state index contributed by atoms with van der Waals surface area (Å²) in [7, 11) is 2.00. The molecule has 1 aliphatic rings. The van der Waals surface area contributed by atoms with Crippen LogP contribution in [0.1, 0.15) is 29.3 Å². The number of carbonyl (C=O) groups excluding carboxylic acids is 2. The Morgan fingerprint density at radius 1 is 1.15 bits per heavy atom. The van der Waals surface area contributed by atoms with Gasteiger partial charge in [0.1, 0.15) is 0 Å². The van der Waals surface area contributed by atoms with E-state index in [1.165, 1.54) is 0 Å². The number of nitrogens with one attached hydrogen (secondary N) is 1. The molecule has 0 saturated carbocycles. The van der Waals surface area contributed by atoms with E-state index in [0.717, 1.165) is 40.6 Å². The summed E-state index contributed by atoms with van der Waals surface area (Å²) in [5, 5.41) is 4.99. The van der Waals surface area contributed by atoms with Crippen molar-refractivity contribution in [3.8, 4) is 0 Å². The Bertz CT molecular complexity index is 906. The average molecular weight is 348 g/mol. The molecule has 1 N–H and O–H groups in total. The van der Waals surface area contributed by atoms with Crippen LogP contribution in [-0.2, 0) is 4.79 Å². The lowest BCUT2D eigenvalue weighted by Gasteiger charge is -2.20. The van der Waals surface area contributed by atoms with E-state index in [0.29, 0.717) is 18.5 Å². The van der Waals surface area contributed by atoms with Crippen LogP contribution in [0.4, 0.5) is 0 Å². The summed E-state index contributed by atoms with van der Waals surface area (Å²) in [6.45, 7) is 7.37. The summed E-state index contributed by atoms with van der Waals surface area (Å²) < 4.78 is 0. The van der Waals surface area contributed by atoms with Gasteiger partial charge < -0.3 is 10.2 Å². The van der Waals surface area contributed by atoms with Gasteiger partial charge in [-0.2, -0.15) is 0 Å². The van der Waals surface area contributed by atoms with Gasteiger partial charge in [0.25, 0.3) is 0 Å². The van der Waals surface area contributed by atoms with Gasteiger partial charge in [-0.1, -0.05) is 43.0 Å². The van der Waals surface area contributed by atoms with Crippen molar-refractivity contribution in [2.45, 2.75) is 13.3 Å². The highest BCUT2D eigenvalue weighted by atomic mass is 16.1. The van der Waals surface area contributed by atoms with E-state index in [9.17, 15) is 9.59 Å². The van der Waals surface area contributed by atoms with E-state index in [1.54, 1.807) is 6.92 Å². The van der Waals surface area contributed by atoms with Gasteiger partial charge in [-0.3, -0.25) is 9.59 Å². The molecule has 1 aliphatic carbocycles. The molecule has 2 aromatic rings. The Kier molecular flexibility index (Phi) is 5.33. The molecule has 1 amide bonds. The molecule has 0 unspecified atom stereocenters. The van der Waals surface area contributed by atoms with Gasteiger partial charge in [0.2, 0.25) is 5.91 Å². The van der Waals surface area contributed by atoms with Gasteiger partial charge in [-0.05, 0) is 37.4 Å². The molecule has 4 heteroatoms. The van der Waals surface area contributed by atoms with Crippen molar-refractivity contribution in [3.05, 3.63) is 65.3 Å². The lowest BCUT2D eigenvalue weighted by atomic mass is 9.87. The highest BCUT2D eigenvalue weighted by molar-refractivity contribution is 6.22. The summed E-state index contributed by atoms with van der Waals surface area (Å²) in [4.78, 5) is 26.5. The fourth-order valence-corrected chi connectivity index (χ4v) is 3.23. The van der Waals surface area contributed by atoms with Gasteiger partial charge >= 0.3 is 0 Å². The number of likely N-dealkylation sites (N-methyl/N-ethyl adjacent to an activating group) is 1.